The van der Waals surface area contributed by atoms with Crippen LogP contribution in [0.2, 0.25) is 0 Å². The first-order chi connectivity index (χ1) is 6.93. The molecule has 1 heterocycles. The van der Waals surface area contributed by atoms with Crippen molar-refractivity contribution >= 4 is 0 Å². The van der Waals surface area contributed by atoms with Gasteiger partial charge in [0.2, 0.25) is 6.43 Å². The van der Waals surface area contributed by atoms with E-state index in [1.165, 1.54) is 0 Å². The minimum absolute atomic E-state index is 0.00815. The van der Waals surface area contributed by atoms with Crippen LogP contribution in [-0.4, -0.2) is 19.6 Å². The third-order valence-corrected chi connectivity index (χ3v) is 3.95. The van der Waals surface area contributed by atoms with Crippen LogP contribution in [-0.2, 0) is 4.74 Å². The molecule has 90 valence electrons. The third kappa shape index (κ3) is 2.17. The van der Waals surface area contributed by atoms with Gasteiger partial charge in [0.25, 0.3) is 0 Å². The van der Waals surface area contributed by atoms with Crippen LogP contribution in [0.15, 0.2) is 0 Å². The van der Waals surface area contributed by atoms with Crippen LogP contribution in [0.4, 0.5) is 8.78 Å². The molecule has 0 aliphatic carbocycles. The van der Waals surface area contributed by atoms with Crippen LogP contribution in [0.3, 0.4) is 0 Å². The molecule has 0 spiro atoms. The summed E-state index contributed by atoms with van der Waals surface area (Å²) in [4.78, 5) is 0. The second-order valence-electron chi connectivity index (χ2n) is 5.24. The molecule has 3 heteroatoms. The Balaban J connectivity index is 2.99. The predicted octanol–water partition coefficient (Wildman–Crippen LogP) is 3.59. The first-order valence-electron chi connectivity index (χ1n) is 5.78. The Kier molecular flexibility index (Phi) is 4.10. The van der Waals surface area contributed by atoms with Gasteiger partial charge < -0.3 is 4.74 Å². The van der Waals surface area contributed by atoms with E-state index >= 15 is 0 Å². The molecule has 1 aliphatic rings. The van der Waals surface area contributed by atoms with Crippen LogP contribution in [0, 0.1) is 23.2 Å². The Morgan fingerprint density at radius 2 is 1.80 bits per heavy atom. The summed E-state index contributed by atoms with van der Waals surface area (Å²) < 4.78 is 32.1. The van der Waals surface area contributed by atoms with Crippen molar-refractivity contribution in [3.8, 4) is 0 Å². The topological polar surface area (TPSA) is 9.23 Å². The Bertz CT molecular complexity index is 194. The van der Waals surface area contributed by atoms with Crippen LogP contribution in [0.1, 0.15) is 34.1 Å². The average Bonchev–Trinajstić information content (AvgIpc) is 2.16. The van der Waals surface area contributed by atoms with Gasteiger partial charge >= 0.3 is 0 Å². The number of hydrogen-bond donors (Lipinski definition) is 0. The number of rotatable bonds is 3. The maximum absolute atomic E-state index is 13.4. The highest BCUT2D eigenvalue weighted by atomic mass is 19.3. The van der Waals surface area contributed by atoms with Gasteiger partial charge in [-0.2, -0.15) is 0 Å². The van der Waals surface area contributed by atoms with Gasteiger partial charge in [-0.25, -0.2) is 8.78 Å². The van der Waals surface area contributed by atoms with Gasteiger partial charge in [-0.05, 0) is 24.2 Å². The van der Waals surface area contributed by atoms with Crippen molar-refractivity contribution in [3.05, 3.63) is 0 Å². The SMILES string of the molecule is CC(C)C1COCCC1(C(C)C)C(F)F. The van der Waals surface area contributed by atoms with E-state index in [0.29, 0.717) is 19.6 Å². The van der Waals surface area contributed by atoms with Gasteiger partial charge in [0.15, 0.2) is 0 Å². The highest BCUT2D eigenvalue weighted by molar-refractivity contribution is 4.94. The molecule has 0 saturated carbocycles. The minimum Gasteiger partial charge on any atom is -0.381 e. The van der Waals surface area contributed by atoms with Crippen LogP contribution >= 0.6 is 0 Å². The Labute approximate surface area is 91.2 Å². The minimum atomic E-state index is -2.24. The highest BCUT2D eigenvalue weighted by Gasteiger charge is 2.51. The van der Waals surface area contributed by atoms with Gasteiger partial charge in [-0.1, -0.05) is 27.7 Å². The molecule has 1 saturated heterocycles. The summed E-state index contributed by atoms with van der Waals surface area (Å²) in [6.07, 6.45) is -1.75. The number of halogens is 2. The molecule has 1 fully saturated rings. The smallest absolute Gasteiger partial charge is 0.244 e. The van der Waals surface area contributed by atoms with Gasteiger partial charge in [0.1, 0.15) is 0 Å². The number of hydrogen-bond acceptors (Lipinski definition) is 1. The van der Waals surface area contributed by atoms with E-state index in [-0.39, 0.29) is 17.8 Å². The molecule has 2 unspecified atom stereocenters. The molecule has 0 aromatic carbocycles. The fourth-order valence-electron chi connectivity index (χ4n) is 2.85. The molecule has 0 N–H and O–H groups in total. The molecule has 2 atom stereocenters. The molecule has 1 nitrogen and oxygen atoms in total. The zero-order valence-electron chi connectivity index (χ0n) is 10.1. The standard InChI is InChI=1S/C12H22F2O/c1-8(2)10-7-15-6-5-12(10,9(3)4)11(13)14/h8-11H,5-7H2,1-4H3. The van der Waals surface area contributed by atoms with Gasteiger partial charge in [0.05, 0.1) is 6.61 Å². The van der Waals surface area contributed by atoms with E-state index in [1.54, 1.807) is 0 Å². The molecule has 0 aromatic rings. The first-order valence-corrected chi connectivity index (χ1v) is 5.78. The van der Waals surface area contributed by atoms with E-state index in [2.05, 4.69) is 0 Å². The van der Waals surface area contributed by atoms with Gasteiger partial charge in [0, 0.05) is 12.0 Å². The molecule has 0 bridgehead atoms. The fraction of sp³-hybridized carbons (Fsp3) is 1.00. The van der Waals surface area contributed by atoms with Crippen molar-refractivity contribution in [1.82, 2.24) is 0 Å². The Morgan fingerprint density at radius 3 is 2.13 bits per heavy atom. The molecule has 0 aromatic heterocycles. The van der Waals surface area contributed by atoms with Crippen LogP contribution in [0.25, 0.3) is 0 Å². The summed E-state index contributed by atoms with van der Waals surface area (Å²) in [6, 6.07) is 0. The third-order valence-electron chi connectivity index (χ3n) is 3.95. The van der Waals surface area contributed by atoms with Crippen molar-refractivity contribution in [2.75, 3.05) is 13.2 Å². The lowest BCUT2D eigenvalue weighted by Gasteiger charge is -2.48. The lowest BCUT2D eigenvalue weighted by Crippen LogP contribution is -2.50. The van der Waals surface area contributed by atoms with Gasteiger partial charge in [-0.3, -0.25) is 0 Å². The molecular weight excluding hydrogens is 198 g/mol. The van der Waals surface area contributed by atoms with Crippen LogP contribution < -0.4 is 0 Å². The quantitative estimate of drug-likeness (QED) is 0.706. The zero-order valence-corrected chi connectivity index (χ0v) is 10.1. The lowest BCUT2D eigenvalue weighted by molar-refractivity contribution is -0.160. The maximum atomic E-state index is 13.4. The average molecular weight is 220 g/mol. The summed E-state index contributed by atoms with van der Waals surface area (Å²) in [7, 11) is 0. The van der Waals surface area contributed by atoms with Gasteiger partial charge in [-0.15, -0.1) is 0 Å². The van der Waals surface area contributed by atoms with Crippen molar-refractivity contribution in [1.29, 1.82) is 0 Å². The second kappa shape index (κ2) is 4.77. The lowest BCUT2D eigenvalue weighted by atomic mass is 9.61. The van der Waals surface area contributed by atoms with E-state index in [1.807, 2.05) is 27.7 Å². The molecule has 0 radical (unpaired) electrons. The second-order valence-corrected chi connectivity index (χ2v) is 5.24. The largest absolute Gasteiger partial charge is 0.381 e. The summed E-state index contributed by atoms with van der Waals surface area (Å²) in [5.41, 5.74) is -0.841. The van der Waals surface area contributed by atoms with E-state index < -0.39 is 11.8 Å². The van der Waals surface area contributed by atoms with Crippen molar-refractivity contribution in [2.24, 2.45) is 23.2 Å². The van der Waals surface area contributed by atoms with Crippen molar-refractivity contribution in [3.63, 3.8) is 0 Å². The summed E-state index contributed by atoms with van der Waals surface area (Å²) in [6.45, 7) is 8.81. The normalized spacial score (nSPS) is 33.0. The molecule has 1 rings (SSSR count). The molecule has 1 aliphatic heterocycles. The number of ether oxygens (including phenoxy) is 1. The Morgan fingerprint density at radius 1 is 1.20 bits per heavy atom. The monoisotopic (exact) mass is 220 g/mol. The van der Waals surface area contributed by atoms with Crippen molar-refractivity contribution < 1.29 is 13.5 Å². The van der Waals surface area contributed by atoms with Crippen LogP contribution in [0.5, 0.6) is 0 Å². The van der Waals surface area contributed by atoms with E-state index in [4.69, 9.17) is 4.74 Å². The predicted molar refractivity (Wildman–Crippen MR) is 57.0 cm³/mol. The molecule has 15 heavy (non-hydrogen) atoms. The fourth-order valence-corrected chi connectivity index (χ4v) is 2.85. The summed E-state index contributed by atoms with van der Waals surface area (Å²) in [5.74, 6) is 0.238. The molecular formula is C12H22F2O. The first kappa shape index (κ1) is 12.9. The Hall–Kier alpha value is -0.180. The summed E-state index contributed by atoms with van der Waals surface area (Å²) in [5, 5.41) is 0. The number of alkyl halides is 2. The highest BCUT2D eigenvalue weighted by Crippen LogP contribution is 2.49. The molecule has 0 amide bonds. The van der Waals surface area contributed by atoms with Crippen molar-refractivity contribution in [2.45, 2.75) is 40.5 Å². The zero-order chi connectivity index (χ0) is 11.6. The van der Waals surface area contributed by atoms with E-state index in [9.17, 15) is 8.78 Å². The summed E-state index contributed by atoms with van der Waals surface area (Å²) >= 11 is 0. The van der Waals surface area contributed by atoms with E-state index in [0.717, 1.165) is 0 Å². The maximum Gasteiger partial charge on any atom is 0.244 e.